The summed E-state index contributed by atoms with van der Waals surface area (Å²) in [4.78, 5) is 37.5. The van der Waals surface area contributed by atoms with Gasteiger partial charge in [-0.15, -0.1) is 0 Å². The number of aromatic nitrogens is 8. The Morgan fingerprint density at radius 3 is 1.46 bits per heavy atom. The van der Waals surface area contributed by atoms with Crippen molar-refractivity contribution in [2.75, 3.05) is 28.4 Å². The van der Waals surface area contributed by atoms with Crippen molar-refractivity contribution in [3.8, 4) is 11.8 Å². The lowest BCUT2D eigenvalue weighted by Crippen LogP contribution is -2.33. The number of fused-ring (bicyclic) bond motifs is 2. The minimum absolute atomic E-state index is 0.131. The second kappa shape index (κ2) is 18.7. The van der Waals surface area contributed by atoms with Crippen LogP contribution in [0.15, 0.2) is 66.6 Å². The third-order valence-corrected chi connectivity index (χ3v) is 9.44. The van der Waals surface area contributed by atoms with Gasteiger partial charge in [-0.3, -0.25) is 9.97 Å². The molecule has 0 spiro atoms. The molecule has 0 saturated carbocycles. The molecular weight excluding hydrogens is 759 g/mol. The van der Waals surface area contributed by atoms with Gasteiger partial charge < -0.3 is 19.9 Å². The highest BCUT2D eigenvalue weighted by Crippen LogP contribution is 2.36. The highest BCUT2D eigenvalue weighted by Gasteiger charge is 2.27. The standard InChI is InChI=1S/C21H26FN5O.C20H22FN7O.CH4O/c1-20(2,22)19-24-8-7-13(27-19)9-14-10-15-16(11-25-14)18(28-6)26-12-17(15)21(3,4)23-5;1-19(2,21)18-23-7-6-12(26-18)8-13-9-14-15(10-24-13)17(29-5)25-11-16(14)20(3,4)27-28-22;1-2/h7-8,10-12,23H,9H2,1-6H3;6-7,9-11H,8H2,1-5H3;2H,1H3. The van der Waals surface area contributed by atoms with Gasteiger partial charge in [0.2, 0.25) is 11.8 Å². The van der Waals surface area contributed by atoms with Crippen LogP contribution in [0, 0.1) is 0 Å². The van der Waals surface area contributed by atoms with Crippen LogP contribution in [0.5, 0.6) is 11.8 Å². The molecule has 0 aromatic carbocycles. The topological polar surface area (TPSA) is 203 Å². The summed E-state index contributed by atoms with van der Waals surface area (Å²) >= 11 is 0. The molecule has 0 aliphatic rings. The van der Waals surface area contributed by atoms with Crippen molar-refractivity contribution in [1.82, 2.24) is 45.2 Å². The molecule has 0 aliphatic heterocycles. The van der Waals surface area contributed by atoms with Crippen LogP contribution >= 0.6 is 0 Å². The highest BCUT2D eigenvalue weighted by atomic mass is 19.1. The van der Waals surface area contributed by atoms with Crippen molar-refractivity contribution in [2.45, 2.75) is 90.6 Å². The van der Waals surface area contributed by atoms with Crippen molar-refractivity contribution in [3.05, 3.63) is 117 Å². The number of hydrogen-bond acceptors (Lipinski definition) is 13. The van der Waals surface area contributed by atoms with Gasteiger partial charge in [-0.1, -0.05) is 19.0 Å². The molecule has 0 atom stereocenters. The van der Waals surface area contributed by atoms with Crippen LogP contribution in [0.2, 0.25) is 0 Å². The maximum atomic E-state index is 14.2. The van der Waals surface area contributed by atoms with Gasteiger partial charge in [0.25, 0.3) is 0 Å². The number of rotatable bonds is 12. The zero-order valence-electron chi connectivity index (χ0n) is 35.6. The summed E-state index contributed by atoms with van der Waals surface area (Å²) in [6.07, 6.45) is 10.9. The van der Waals surface area contributed by atoms with E-state index in [1.54, 1.807) is 50.2 Å². The van der Waals surface area contributed by atoms with E-state index in [9.17, 15) is 8.78 Å². The quantitative estimate of drug-likeness (QED) is 0.0685. The third-order valence-electron chi connectivity index (χ3n) is 9.44. The first-order valence-corrected chi connectivity index (χ1v) is 18.7. The van der Waals surface area contributed by atoms with E-state index in [4.69, 9.17) is 20.1 Å². The predicted molar refractivity (Wildman–Crippen MR) is 223 cm³/mol. The molecule has 6 rings (SSSR count). The molecule has 6 aromatic heterocycles. The van der Waals surface area contributed by atoms with Gasteiger partial charge in [0, 0.05) is 79.0 Å². The Kier molecular flexibility index (Phi) is 14.5. The minimum atomic E-state index is -1.63. The number of aliphatic hydroxyl groups excluding tert-OH is 1. The maximum Gasteiger partial charge on any atom is 0.222 e. The van der Waals surface area contributed by atoms with E-state index in [0.29, 0.717) is 35.7 Å². The SMILES string of the molecule is CNC(C)(C)c1cnc(OC)c2cnc(Cc3ccnc(C(C)(C)F)n3)cc12.CO.COc1ncc(C(C)(C)N=[N+]=[N-])c2cc(Cc3ccnc(C(C)(C)F)n3)ncc12. The second-order valence-corrected chi connectivity index (χ2v) is 15.5. The lowest BCUT2D eigenvalue weighted by atomic mass is 9.91. The molecule has 0 bridgehead atoms. The number of halogens is 2. The molecule has 0 saturated heterocycles. The molecule has 0 fully saturated rings. The van der Waals surface area contributed by atoms with Crippen molar-refractivity contribution >= 4 is 21.5 Å². The molecule has 0 aliphatic carbocycles. The summed E-state index contributed by atoms with van der Waals surface area (Å²) in [5.41, 5.74) is 9.35. The molecule has 0 amide bonds. The van der Waals surface area contributed by atoms with E-state index in [2.05, 4.69) is 69.1 Å². The van der Waals surface area contributed by atoms with E-state index in [1.807, 2.05) is 39.2 Å². The molecule has 0 unspecified atom stereocenters. The zero-order chi connectivity index (χ0) is 43.8. The van der Waals surface area contributed by atoms with Gasteiger partial charge in [-0.05, 0) is 100 Å². The molecule has 17 heteroatoms. The summed E-state index contributed by atoms with van der Waals surface area (Å²) in [5, 5.41) is 17.6. The number of nitrogens with one attached hydrogen (secondary N) is 1. The van der Waals surface area contributed by atoms with E-state index < -0.39 is 16.9 Å². The van der Waals surface area contributed by atoms with Crippen LogP contribution in [-0.4, -0.2) is 73.4 Å². The molecule has 6 aromatic rings. The van der Waals surface area contributed by atoms with E-state index >= 15 is 0 Å². The lowest BCUT2D eigenvalue weighted by molar-refractivity contribution is 0.205. The first-order chi connectivity index (χ1) is 27.8. The summed E-state index contributed by atoms with van der Waals surface area (Å²) in [7, 11) is 6.05. The van der Waals surface area contributed by atoms with Crippen LogP contribution in [0.25, 0.3) is 32.0 Å². The van der Waals surface area contributed by atoms with Crippen LogP contribution < -0.4 is 14.8 Å². The number of ether oxygens (including phenoxy) is 2. The number of pyridine rings is 4. The molecule has 6 heterocycles. The van der Waals surface area contributed by atoms with Crippen LogP contribution in [-0.2, 0) is 35.3 Å². The molecule has 15 nitrogen and oxygen atoms in total. The van der Waals surface area contributed by atoms with Crippen LogP contribution in [0.4, 0.5) is 8.78 Å². The van der Waals surface area contributed by atoms with Crippen LogP contribution in [0.3, 0.4) is 0 Å². The van der Waals surface area contributed by atoms with Gasteiger partial charge in [0.1, 0.15) is 0 Å². The second-order valence-electron chi connectivity index (χ2n) is 15.5. The Bertz CT molecular complexity index is 2440. The van der Waals surface area contributed by atoms with Crippen molar-refractivity contribution in [3.63, 3.8) is 0 Å². The first-order valence-electron chi connectivity index (χ1n) is 18.7. The average molecular weight is 811 g/mol. The molecule has 2 N–H and O–H groups in total. The van der Waals surface area contributed by atoms with Gasteiger partial charge in [-0.2, -0.15) is 0 Å². The molecule has 59 heavy (non-hydrogen) atoms. The van der Waals surface area contributed by atoms with Crippen molar-refractivity contribution < 1.29 is 23.4 Å². The third kappa shape index (κ3) is 10.9. The number of aliphatic hydroxyl groups is 1. The van der Waals surface area contributed by atoms with Gasteiger partial charge in [0.15, 0.2) is 23.0 Å². The fraction of sp³-hybridized carbons (Fsp3) is 0.429. The lowest BCUT2D eigenvalue weighted by Gasteiger charge is -2.26. The number of hydrogen-bond donors (Lipinski definition) is 2. The van der Waals surface area contributed by atoms with Gasteiger partial charge >= 0.3 is 0 Å². The Morgan fingerprint density at radius 1 is 0.644 bits per heavy atom. The van der Waals surface area contributed by atoms with E-state index in [-0.39, 0.29) is 17.2 Å². The minimum Gasteiger partial charge on any atom is -0.481 e. The number of azide groups is 1. The first kappa shape index (κ1) is 45.7. The smallest absolute Gasteiger partial charge is 0.222 e. The molecular formula is C42H52F2N12O3. The van der Waals surface area contributed by atoms with Crippen LogP contribution in [0.1, 0.15) is 101 Å². The summed E-state index contributed by atoms with van der Waals surface area (Å²) < 4.78 is 39.1. The fourth-order valence-electron chi connectivity index (χ4n) is 6.05. The normalized spacial score (nSPS) is 11.8. The monoisotopic (exact) mass is 810 g/mol. The summed E-state index contributed by atoms with van der Waals surface area (Å²) in [5.74, 6) is 1.27. The number of methoxy groups -OCH3 is 2. The zero-order valence-corrected chi connectivity index (χ0v) is 35.6. The summed E-state index contributed by atoms with van der Waals surface area (Å²) in [6.45, 7) is 13.6. The van der Waals surface area contributed by atoms with Gasteiger partial charge in [0.05, 0.1) is 41.9 Å². The molecule has 0 radical (unpaired) electrons. The Labute approximate surface area is 342 Å². The highest BCUT2D eigenvalue weighted by molar-refractivity contribution is 5.90. The van der Waals surface area contributed by atoms with Gasteiger partial charge in [-0.25, -0.2) is 38.7 Å². The largest absolute Gasteiger partial charge is 0.481 e. The Hall–Kier alpha value is -6.03. The van der Waals surface area contributed by atoms with E-state index in [1.165, 1.54) is 34.8 Å². The average Bonchev–Trinajstić information content (AvgIpc) is 3.20. The van der Waals surface area contributed by atoms with Crippen molar-refractivity contribution in [1.29, 1.82) is 0 Å². The molecule has 312 valence electrons. The summed E-state index contributed by atoms with van der Waals surface area (Å²) in [6, 6.07) is 7.44. The maximum absolute atomic E-state index is 14.2. The fourth-order valence-corrected chi connectivity index (χ4v) is 6.05. The Balaban J connectivity index is 0.000000250. The van der Waals surface area contributed by atoms with Crippen molar-refractivity contribution in [2.24, 2.45) is 5.11 Å². The number of nitrogens with zero attached hydrogens (tertiary/aromatic N) is 11. The number of alkyl halides is 2. The Morgan fingerprint density at radius 2 is 1.07 bits per heavy atom. The van der Waals surface area contributed by atoms with E-state index in [0.717, 1.165) is 51.5 Å². The predicted octanol–water partition coefficient (Wildman–Crippen LogP) is 8.06.